The second kappa shape index (κ2) is 4.62. The second-order valence-electron chi connectivity index (χ2n) is 4.43. The Morgan fingerprint density at radius 2 is 2.44 bits per heavy atom. The van der Waals surface area contributed by atoms with Crippen molar-refractivity contribution < 1.29 is 4.52 Å². The highest BCUT2D eigenvalue weighted by Gasteiger charge is 2.29. The zero-order chi connectivity index (χ0) is 11.5. The van der Waals surface area contributed by atoms with Crippen LogP contribution in [-0.4, -0.2) is 28.1 Å². The summed E-state index contributed by atoms with van der Waals surface area (Å²) in [6, 6.07) is 2.34. The number of likely N-dealkylation sites (tertiary alicyclic amines) is 1. The second-order valence-corrected chi connectivity index (χ2v) is 4.43. The maximum Gasteiger partial charge on any atom is 0.229 e. The molecule has 5 nitrogen and oxygen atoms in total. The first-order chi connectivity index (χ1) is 7.72. The molecule has 0 amide bonds. The van der Waals surface area contributed by atoms with Gasteiger partial charge in [0, 0.05) is 5.92 Å². The van der Waals surface area contributed by atoms with E-state index in [1.165, 1.54) is 0 Å². The molecule has 2 heterocycles. The molecule has 0 spiro atoms. The van der Waals surface area contributed by atoms with Gasteiger partial charge in [-0.05, 0) is 19.4 Å². The molecule has 0 aliphatic carbocycles. The van der Waals surface area contributed by atoms with Crippen molar-refractivity contribution in [2.45, 2.75) is 38.6 Å². The smallest absolute Gasteiger partial charge is 0.229 e. The van der Waals surface area contributed by atoms with Crippen LogP contribution in [0, 0.1) is 11.3 Å². The zero-order valence-corrected chi connectivity index (χ0v) is 9.68. The Morgan fingerprint density at radius 3 is 3.06 bits per heavy atom. The molecular formula is C11H16N4O. The van der Waals surface area contributed by atoms with E-state index in [4.69, 9.17) is 9.78 Å². The monoisotopic (exact) mass is 220 g/mol. The minimum Gasteiger partial charge on any atom is -0.339 e. The van der Waals surface area contributed by atoms with Crippen LogP contribution in [0.5, 0.6) is 0 Å². The van der Waals surface area contributed by atoms with Crippen molar-refractivity contribution in [3.05, 3.63) is 11.7 Å². The van der Waals surface area contributed by atoms with E-state index in [-0.39, 0.29) is 12.0 Å². The van der Waals surface area contributed by atoms with Crippen LogP contribution in [0.25, 0.3) is 0 Å². The lowest BCUT2D eigenvalue weighted by atomic mass is 10.2. The molecule has 2 rings (SSSR count). The van der Waals surface area contributed by atoms with Crippen molar-refractivity contribution in [1.29, 1.82) is 5.26 Å². The van der Waals surface area contributed by atoms with E-state index < -0.39 is 0 Å². The molecular weight excluding hydrogens is 204 g/mol. The number of rotatable bonds is 3. The average molecular weight is 220 g/mol. The number of nitrogens with zero attached hydrogens (tertiary/aromatic N) is 4. The fraction of sp³-hybridized carbons (Fsp3) is 0.727. The van der Waals surface area contributed by atoms with E-state index in [0.717, 1.165) is 25.2 Å². The third-order valence-electron chi connectivity index (χ3n) is 2.89. The van der Waals surface area contributed by atoms with Gasteiger partial charge in [0.15, 0.2) is 5.82 Å². The van der Waals surface area contributed by atoms with Crippen molar-refractivity contribution >= 4 is 0 Å². The van der Waals surface area contributed by atoms with Crippen LogP contribution in [0.15, 0.2) is 4.52 Å². The highest BCUT2D eigenvalue weighted by atomic mass is 16.5. The fourth-order valence-corrected chi connectivity index (χ4v) is 2.02. The molecule has 16 heavy (non-hydrogen) atoms. The van der Waals surface area contributed by atoms with E-state index in [1.54, 1.807) is 0 Å². The third kappa shape index (κ3) is 2.07. The average Bonchev–Trinajstić information content (AvgIpc) is 2.84. The highest BCUT2D eigenvalue weighted by molar-refractivity contribution is 5.01. The number of hydrogen-bond donors (Lipinski definition) is 0. The maximum absolute atomic E-state index is 8.73. The molecule has 5 heteroatoms. The Hall–Kier alpha value is -1.41. The largest absolute Gasteiger partial charge is 0.339 e. The Bertz CT molecular complexity index is 393. The standard InChI is InChI=1S/C11H16N4O/c1-8(2)11-13-10(14-16-11)9-4-3-6-15(9)7-5-12/h8-9H,3-4,6-7H2,1-2H3/t9-/m0/s1. The Balaban J connectivity index is 2.13. The molecule has 0 N–H and O–H groups in total. The van der Waals surface area contributed by atoms with Crippen LogP contribution in [-0.2, 0) is 0 Å². The Labute approximate surface area is 95.0 Å². The molecule has 0 unspecified atom stereocenters. The van der Waals surface area contributed by atoms with Gasteiger partial charge in [0.1, 0.15) is 0 Å². The maximum atomic E-state index is 8.73. The van der Waals surface area contributed by atoms with Crippen LogP contribution in [0.1, 0.15) is 50.4 Å². The van der Waals surface area contributed by atoms with E-state index in [9.17, 15) is 0 Å². The summed E-state index contributed by atoms with van der Waals surface area (Å²) in [5.74, 6) is 1.67. The summed E-state index contributed by atoms with van der Waals surface area (Å²) in [6.45, 7) is 5.44. The molecule has 1 fully saturated rings. The van der Waals surface area contributed by atoms with Crippen LogP contribution >= 0.6 is 0 Å². The first-order valence-corrected chi connectivity index (χ1v) is 5.67. The summed E-state index contributed by atoms with van der Waals surface area (Å²) in [6.07, 6.45) is 2.11. The fourth-order valence-electron chi connectivity index (χ4n) is 2.02. The van der Waals surface area contributed by atoms with Crippen LogP contribution in [0.2, 0.25) is 0 Å². The zero-order valence-electron chi connectivity index (χ0n) is 9.68. The summed E-state index contributed by atoms with van der Waals surface area (Å²) in [7, 11) is 0. The predicted octanol–water partition coefficient (Wildman–Crippen LogP) is 1.85. The molecule has 1 aliphatic rings. The normalized spacial score (nSPS) is 21.5. The number of aromatic nitrogens is 2. The van der Waals surface area contributed by atoms with Gasteiger partial charge in [-0.25, -0.2) is 0 Å². The minimum atomic E-state index is 0.163. The molecule has 1 atom stereocenters. The quantitative estimate of drug-likeness (QED) is 0.727. The highest BCUT2D eigenvalue weighted by Crippen LogP contribution is 2.30. The Kier molecular flexibility index (Phi) is 3.20. The van der Waals surface area contributed by atoms with Crippen LogP contribution < -0.4 is 0 Å². The van der Waals surface area contributed by atoms with Crippen molar-refractivity contribution in [3.8, 4) is 6.07 Å². The molecule has 86 valence electrons. The molecule has 0 aromatic carbocycles. The first kappa shape index (κ1) is 11.1. The van der Waals surface area contributed by atoms with Gasteiger partial charge >= 0.3 is 0 Å². The van der Waals surface area contributed by atoms with Gasteiger partial charge in [-0.3, -0.25) is 4.90 Å². The molecule has 1 aromatic heterocycles. The van der Waals surface area contributed by atoms with E-state index in [0.29, 0.717) is 12.4 Å². The van der Waals surface area contributed by atoms with E-state index in [1.807, 2.05) is 13.8 Å². The van der Waals surface area contributed by atoms with E-state index in [2.05, 4.69) is 21.1 Å². The molecule has 1 aromatic rings. The molecule has 1 aliphatic heterocycles. The molecule has 0 radical (unpaired) electrons. The van der Waals surface area contributed by atoms with Crippen LogP contribution in [0.3, 0.4) is 0 Å². The summed E-state index contributed by atoms with van der Waals surface area (Å²) in [5, 5.41) is 12.7. The summed E-state index contributed by atoms with van der Waals surface area (Å²) < 4.78 is 5.19. The van der Waals surface area contributed by atoms with Crippen molar-refractivity contribution in [3.63, 3.8) is 0 Å². The third-order valence-corrected chi connectivity index (χ3v) is 2.89. The summed E-state index contributed by atoms with van der Waals surface area (Å²) in [4.78, 5) is 6.50. The number of nitriles is 1. The predicted molar refractivity (Wildman–Crippen MR) is 57.5 cm³/mol. The lowest BCUT2D eigenvalue weighted by Crippen LogP contribution is -2.24. The van der Waals surface area contributed by atoms with Crippen molar-refractivity contribution in [2.24, 2.45) is 0 Å². The van der Waals surface area contributed by atoms with E-state index >= 15 is 0 Å². The molecule has 0 saturated carbocycles. The first-order valence-electron chi connectivity index (χ1n) is 5.67. The summed E-state index contributed by atoms with van der Waals surface area (Å²) >= 11 is 0. The Morgan fingerprint density at radius 1 is 1.62 bits per heavy atom. The van der Waals surface area contributed by atoms with Crippen LogP contribution in [0.4, 0.5) is 0 Å². The molecule has 1 saturated heterocycles. The number of hydrogen-bond acceptors (Lipinski definition) is 5. The van der Waals surface area contributed by atoms with Crippen molar-refractivity contribution in [1.82, 2.24) is 15.0 Å². The lowest BCUT2D eigenvalue weighted by Gasteiger charge is -2.17. The van der Waals surface area contributed by atoms with Gasteiger partial charge < -0.3 is 4.52 Å². The van der Waals surface area contributed by atoms with Gasteiger partial charge in [-0.2, -0.15) is 10.2 Å². The topological polar surface area (TPSA) is 66.0 Å². The summed E-state index contributed by atoms with van der Waals surface area (Å²) in [5.41, 5.74) is 0. The van der Waals surface area contributed by atoms with Gasteiger partial charge in [-0.1, -0.05) is 19.0 Å². The van der Waals surface area contributed by atoms with Gasteiger partial charge in [0.2, 0.25) is 5.89 Å². The van der Waals surface area contributed by atoms with Gasteiger partial charge in [-0.15, -0.1) is 0 Å². The minimum absolute atomic E-state index is 0.163. The lowest BCUT2D eigenvalue weighted by molar-refractivity contribution is 0.269. The van der Waals surface area contributed by atoms with Crippen molar-refractivity contribution in [2.75, 3.05) is 13.1 Å². The molecule has 0 bridgehead atoms. The van der Waals surface area contributed by atoms with Gasteiger partial charge in [0.25, 0.3) is 0 Å². The SMILES string of the molecule is CC(C)c1nc([C@@H]2CCCN2CC#N)no1. The van der Waals surface area contributed by atoms with Gasteiger partial charge in [0.05, 0.1) is 18.7 Å².